The lowest BCUT2D eigenvalue weighted by Gasteiger charge is -2.17. The quantitative estimate of drug-likeness (QED) is 0.329. The van der Waals surface area contributed by atoms with Crippen molar-refractivity contribution < 1.29 is 4.74 Å². The van der Waals surface area contributed by atoms with E-state index in [2.05, 4.69) is 28.9 Å². The Morgan fingerprint density at radius 1 is 1.33 bits per heavy atom. The molecule has 0 aliphatic heterocycles. The highest BCUT2D eigenvalue weighted by molar-refractivity contribution is 14.0. The second-order valence-electron chi connectivity index (χ2n) is 5.34. The average Bonchev–Trinajstić information content (AvgIpc) is 3.30. The molecule has 0 unspecified atom stereocenters. The number of nitrogens with two attached hydrogens (primary N) is 1. The van der Waals surface area contributed by atoms with E-state index in [-0.39, 0.29) is 24.0 Å². The number of rotatable bonds is 7. The molecule has 0 heterocycles. The third kappa shape index (κ3) is 5.82. The van der Waals surface area contributed by atoms with Crippen molar-refractivity contribution in [1.29, 1.82) is 0 Å². The van der Waals surface area contributed by atoms with Gasteiger partial charge in [-0.05, 0) is 30.4 Å². The number of aliphatic imine (C=N–C) groups is 1. The van der Waals surface area contributed by atoms with Crippen molar-refractivity contribution in [2.75, 3.05) is 13.7 Å². The highest BCUT2D eigenvalue weighted by atomic mass is 127. The van der Waals surface area contributed by atoms with E-state index >= 15 is 0 Å². The Labute approximate surface area is 144 Å². The van der Waals surface area contributed by atoms with E-state index in [0.717, 1.165) is 13.0 Å². The van der Waals surface area contributed by atoms with Gasteiger partial charge < -0.3 is 15.4 Å². The highest BCUT2D eigenvalue weighted by Gasteiger charge is 2.27. The number of guanidine groups is 1. The standard InChI is InChI=1S/C16H25N3O.HI/c1-3-10-20-12-14-7-5-4-6-13(14)11-18-16(17)19(2)15-8-9-15;/h4-7,15H,3,8-12H2,1-2H3,(H2,17,18);1H. The Morgan fingerprint density at radius 3 is 2.62 bits per heavy atom. The minimum atomic E-state index is 0. The summed E-state index contributed by atoms with van der Waals surface area (Å²) in [5.74, 6) is 0.636. The van der Waals surface area contributed by atoms with Crippen LogP contribution in [0.3, 0.4) is 0 Å². The molecule has 0 atom stereocenters. The van der Waals surface area contributed by atoms with Crippen LogP contribution in [-0.4, -0.2) is 30.6 Å². The Kier molecular flexibility index (Phi) is 8.03. The number of nitrogens with zero attached hydrogens (tertiary/aromatic N) is 2. The summed E-state index contributed by atoms with van der Waals surface area (Å²) in [6, 6.07) is 8.87. The van der Waals surface area contributed by atoms with Crippen LogP contribution < -0.4 is 5.73 Å². The van der Waals surface area contributed by atoms with Crippen LogP contribution >= 0.6 is 24.0 Å². The maximum absolute atomic E-state index is 6.02. The van der Waals surface area contributed by atoms with Crippen molar-refractivity contribution in [3.8, 4) is 0 Å². The first-order chi connectivity index (χ1) is 9.72. The van der Waals surface area contributed by atoms with Gasteiger partial charge in [0.1, 0.15) is 0 Å². The molecule has 0 radical (unpaired) electrons. The maximum atomic E-state index is 6.02. The van der Waals surface area contributed by atoms with E-state index in [1.807, 2.05) is 19.2 Å². The molecular formula is C16H26IN3O. The molecule has 1 aliphatic carbocycles. The molecule has 1 saturated carbocycles. The first kappa shape index (κ1) is 18.2. The van der Waals surface area contributed by atoms with Gasteiger partial charge in [-0.2, -0.15) is 0 Å². The van der Waals surface area contributed by atoms with Crippen LogP contribution in [0.25, 0.3) is 0 Å². The van der Waals surface area contributed by atoms with E-state index < -0.39 is 0 Å². The maximum Gasteiger partial charge on any atom is 0.191 e. The van der Waals surface area contributed by atoms with Crippen LogP contribution in [0.15, 0.2) is 29.3 Å². The normalized spacial score (nSPS) is 14.7. The topological polar surface area (TPSA) is 50.9 Å². The van der Waals surface area contributed by atoms with E-state index in [0.29, 0.717) is 25.2 Å². The van der Waals surface area contributed by atoms with Gasteiger partial charge in [0.15, 0.2) is 5.96 Å². The van der Waals surface area contributed by atoms with E-state index in [9.17, 15) is 0 Å². The van der Waals surface area contributed by atoms with Crippen LogP contribution in [-0.2, 0) is 17.9 Å². The van der Waals surface area contributed by atoms with Crippen LogP contribution in [0.5, 0.6) is 0 Å². The molecule has 1 aromatic carbocycles. The van der Waals surface area contributed by atoms with Crippen molar-refractivity contribution in [2.45, 2.75) is 45.4 Å². The minimum absolute atomic E-state index is 0. The molecule has 2 rings (SSSR count). The molecular weight excluding hydrogens is 377 g/mol. The number of halogens is 1. The zero-order valence-corrected chi connectivity index (χ0v) is 15.2. The molecule has 4 nitrogen and oxygen atoms in total. The molecule has 2 N–H and O–H groups in total. The average molecular weight is 403 g/mol. The van der Waals surface area contributed by atoms with E-state index in [1.165, 1.54) is 24.0 Å². The first-order valence-corrected chi connectivity index (χ1v) is 7.39. The fraction of sp³-hybridized carbons (Fsp3) is 0.562. The molecule has 21 heavy (non-hydrogen) atoms. The van der Waals surface area contributed by atoms with Crippen molar-refractivity contribution in [3.63, 3.8) is 0 Å². The van der Waals surface area contributed by atoms with Gasteiger partial charge in [-0.3, -0.25) is 0 Å². The summed E-state index contributed by atoms with van der Waals surface area (Å²) in [4.78, 5) is 6.59. The third-order valence-electron chi connectivity index (χ3n) is 3.59. The number of benzene rings is 1. The smallest absolute Gasteiger partial charge is 0.191 e. The fourth-order valence-corrected chi connectivity index (χ4v) is 2.11. The van der Waals surface area contributed by atoms with Gasteiger partial charge in [-0.15, -0.1) is 24.0 Å². The van der Waals surface area contributed by atoms with Crippen LogP contribution in [0.1, 0.15) is 37.3 Å². The predicted molar refractivity (Wildman–Crippen MR) is 97.9 cm³/mol. The molecule has 0 saturated heterocycles. The number of hydrogen-bond acceptors (Lipinski definition) is 2. The van der Waals surface area contributed by atoms with Gasteiger partial charge >= 0.3 is 0 Å². The van der Waals surface area contributed by atoms with Gasteiger partial charge in [0.05, 0.1) is 13.2 Å². The van der Waals surface area contributed by atoms with Gasteiger partial charge in [0, 0.05) is 19.7 Å². The summed E-state index contributed by atoms with van der Waals surface area (Å²) in [5, 5.41) is 0. The number of ether oxygens (including phenoxy) is 1. The third-order valence-corrected chi connectivity index (χ3v) is 3.59. The van der Waals surface area contributed by atoms with Gasteiger partial charge in [-0.25, -0.2) is 4.99 Å². The van der Waals surface area contributed by atoms with Crippen LogP contribution in [0, 0.1) is 0 Å². The van der Waals surface area contributed by atoms with Crippen molar-refractivity contribution in [2.24, 2.45) is 10.7 Å². The molecule has 0 spiro atoms. The molecule has 1 aromatic rings. The second kappa shape index (κ2) is 9.25. The van der Waals surface area contributed by atoms with Gasteiger partial charge in [0.25, 0.3) is 0 Å². The lowest BCUT2D eigenvalue weighted by Crippen LogP contribution is -2.35. The van der Waals surface area contributed by atoms with Crippen molar-refractivity contribution in [3.05, 3.63) is 35.4 Å². The summed E-state index contributed by atoms with van der Waals surface area (Å²) < 4.78 is 5.62. The number of hydrogen-bond donors (Lipinski definition) is 1. The lowest BCUT2D eigenvalue weighted by molar-refractivity contribution is 0.121. The summed E-state index contributed by atoms with van der Waals surface area (Å²) in [7, 11) is 2.02. The largest absolute Gasteiger partial charge is 0.377 e. The second-order valence-corrected chi connectivity index (χ2v) is 5.34. The first-order valence-electron chi connectivity index (χ1n) is 7.39. The zero-order valence-electron chi connectivity index (χ0n) is 12.9. The molecule has 0 aromatic heterocycles. The Hall–Kier alpha value is -0.820. The van der Waals surface area contributed by atoms with Crippen LogP contribution in [0.4, 0.5) is 0 Å². The van der Waals surface area contributed by atoms with Crippen LogP contribution in [0.2, 0.25) is 0 Å². The van der Waals surface area contributed by atoms with Gasteiger partial charge in [0.2, 0.25) is 0 Å². The summed E-state index contributed by atoms with van der Waals surface area (Å²) in [6.07, 6.45) is 3.50. The van der Waals surface area contributed by atoms with E-state index in [1.54, 1.807) is 0 Å². The molecule has 0 amide bonds. The molecule has 118 valence electrons. The zero-order chi connectivity index (χ0) is 14.4. The summed E-state index contributed by atoms with van der Waals surface area (Å²) in [6.45, 7) is 4.18. The van der Waals surface area contributed by atoms with Crippen molar-refractivity contribution >= 4 is 29.9 Å². The Balaban J connectivity index is 0.00000220. The molecule has 1 aliphatic rings. The van der Waals surface area contributed by atoms with Gasteiger partial charge in [-0.1, -0.05) is 31.2 Å². The molecule has 0 bridgehead atoms. The molecule has 5 heteroatoms. The van der Waals surface area contributed by atoms with E-state index in [4.69, 9.17) is 10.5 Å². The highest BCUT2D eigenvalue weighted by Crippen LogP contribution is 2.25. The minimum Gasteiger partial charge on any atom is -0.377 e. The lowest BCUT2D eigenvalue weighted by atomic mass is 10.1. The predicted octanol–water partition coefficient (Wildman–Crippen LogP) is 3.14. The fourth-order valence-electron chi connectivity index (χ4n) is 2.11. The Morgan fingerprint density at radius 2 is 2.00 bits per heavy atom. The Bertz CT molecular complexity index is 461. The van der Waals surface area contributed by atoms with Crippen molar-refractivity contribution in [1.82, 2.24) is 4.90 Å². The molecule has 1 fully saturated rings. The SMILES string of the molecule is CCCOCc1ccccc1CN=C(N)N(C)C1CC1.I. The monoisotopic (exact) mass is 403 g/mol. The summed E-state index contributed by atoms with van der Waals surface area (Å²) >= 11 is 0. The summed E-state index contributed by atoms with van der Waals surface area (Å²) in [5.41, 5.74) is 8.41.